The van der Waals surface area contributed by atoms with Crippen molar-refractivity contribution in [3.63, 3.8) is 0 Å². The standard InChI is InChI=1S/C19H20BrN3O2/c1-3-16-18(23-12-13(2)4-9-17(23)22-16)19(24)21-10-11-25-15-7-5-14(20)6-8-15/h4-9,12H,3,10-11H2,1-2H3,(H,21,24). The van der Waals surface area contributed by atoms with Crippen LogP contribution in [0, 0.1) is 6.92 Å². The molecule has 2 heterocycles. The highest BCUT2D eigenvalue weighted by atomic mass is 79.9. The van der Waals surface area contributed by atoms with Gasteiger partial charge in [-0.1, -0.05) is 28.9 Å². The number of carbonyl (C=O) groups is 1. The van der Waals surface area contributed by atoms with Gasteiger partial charge in [-0.25, -0.2) is 4.98 Å². The summed E-state index contributed by atoms with van der Waals surface area (Å²) in [6.45, 7) is 4.84. The molecule has 0 aliphatic rings. The number of halogens is 1. The molecule has 0 bridgehead atoms. The van der Waals surface area contributed by atoms with E-state index in [1.165, 1.54) is 0 Å². The van der Waals surface area contributed by atoms with Crippen molar-refractivity contribution >= 4 is 27.5 Å². The average Bonchev–Trinajstić information content (AvgIpc) is 2.97. The van der Waals surface area contributed by atoms with Crippen LogP contribution >= 0.6 is 15.9 Å². The SMILES string of the molecule is CCc1nc2ccc(C)cn2c1C(=O)NCCOc1ccc(Br)cc1. The van der Waals surface area contributed by atoms with Crippen LogP contribution in [0.4, 0.5) is 0 Å². The molecule has 0 radical (unpaired) electrons. The fraction of sp³-hybridized carbons (Fsp3) is 0.263. The van der Waals surface area contributed by atoms with Crippen molar-refractivity contribution in [1.82, 2.24) is 14.7 Å². The summed E-state index contributed by atoms with van der Waals surface area (Å²) in [4.78, 5) is 17.2. The van der Waals surface area contributed by atoms with Crippen LogP contribution in [0.5, 0.6) is 5.75 Å². The van der Waals surface area contributed by atoms with E-state index in [2.05, 4.69) is 26.2 Å². The molecular formula is C19H20BrN3O2. The molecule has 0 spiro atoms. The predicted octanol–water partition coefficient (Wildman–Crippen LogP) is 3.78. The maximum Gasteiger partial charge on any atom is 0.270 e. The van der Waals surface area contributed by atoms with Gasteiger partial charge in [-0.15, -0.1) is 0 Å². The maximum atomic E-state index is 12.6. The third-order valence-corrected chi connectivity index (χ3v) is 4.39. The van der Waals surface area contributed by atoms with Gasteiger partial charge < -0.3 is 10.1 Å². The molecule has 1 N–H and O–H groups in total. The average molecular weight is 402 g/mol. The molecule has 0 aliphatic carbocycles. The van der Waals surface area contributed by atoms with E-state index in [-0.39, 0.29) is 5.91 Å². The van der Waals surface area contributed by atoms with E-state index >= 15 is 0 Å². The Bertz CT molecular complexity index is 888. The molecule has 3 rings (SSSR count). The quantitative estimate of drug-likeness (QED) is 0.639. The summed E-state index contributed by atoms with van der Waals surface area (Å²) >= 11 is 3.39. The van der Waals surface area contributed by atoms with Gasteiger partial charge in [-0.2, -0.15) is 0 Å². The predicted molar refractivity (Wildman–Crippen MR) is 101 cm³/mol. The number of ether oxygens (including phenoxy) is 1. The summed E-state index contributed by atoms with van der Waals surface area (Å²) in [6, 6.07) is 11.5. The van der Waals surface area contributed by atoms with Gasteiger partial charge >= 0.3 is 0 Å². The van der Waals surface area contributed by atoms with Crippen LogP contribution in [0.3, 0.4) is 0 Å². The van der Waals surface area contributed by atoms with Crippen LogP contribution < -0.4 is 10.1 Å². The van der Waals surface area contributed by atoms with E-state index in [0.29, 0.717) is 25.3 Å². The Kier molecular flexibility index (Phi) is 5.38. The van der Waals surface area contributed by atoms with Crippen molar-refractivity contribution in [3.8, 4) is 5.75 Å². The number of aryl methyl sites for hydroxylation is 2. The van der Waals surface area contributed by atoms with Crippen molar-refractivity contribution in [1.29, 1.82) is 0 Å². The van der Waals surface area contributed by atoms with Crippen molar-refractivity contribution < 1.29 is 9.53 Å². The van der Waals surface area contributed by atoms with Crippen LogP contribution in [0.25, 0.3) is 5.65 Å². The van der Waals surface area contributed by atoms with Gasteiger partial charge in [0.2, 0.25) is 0 Å². The normalized spacial score (nSPS) is 10.8. The van der Waals surface area contributed by atoms with E-state index in [0.717, 1.165) is 27.1 Å². The minimum Gasteiger partial charge on any atom is -0.492 e. The molecule has 0 saturated heterocycles. The highest BCUT2D eigenvalue weighted by Gasteiger charge is 2.17. The number of carbonyl (C=O) groups excluding carboxylic acids is 1. The van der Waals surface area contributed by atoms with E-state index < -0.39 is 0 Å². The van der Waals surface area contributed by atoms with Gasteiger partial charge in [-0.3, -0.25) is 9.20 Å². The molecule has 1 amide bonds. The van der Waals surface area contributed by atoms with Crippen LogP contribution in [-0.2, 0) is 6.42 Å². The van der Waals surface area contributed by atoms with Crippen LogP contribution in [-0.4, -0.2) is 28.4 Å². The first-order chi connectivity index (χ1) is 12.1. The summed E-state index contributed by atoms with van der Waals surface area (Å²) in [7, 11) is 0. The van der Waals surface area contributed by atoms with Gasteiger partial charge in [0.1, 0.15) is 23.7 Å². The smallest absolute Gasteiger partial charge is 0.270 e. The number of imidazole rings is 1. The lowest BCUT2D eigenvalue weighted by atomic mass is 10.2. The molecule has 6 heteroatoms. The van der Waals surface area contributed by atoms with Gasteiger partial charge in [0.25, 0.3) is 5.91 Å². The largest absolute Gasteiger partial charge is 0.492 e. The zero-order chi connectivity index (χ0) is 17.8. The lowest BCUT2D eigenvalue weighted by Gasteiger charge is -2.09. The Morgan fingerprint density at radius 3 is 2.72 bits per heavy atom. The molecular weight excluding hydrogens is 382 g/mol. The number of hydrogen-bond acceptors (Lipinski definition) is 3. The molecule has 0 aliphatic heterocycles. The second-order valence-electron chi connectivity index (χ2n) is 5.75. The summed E-state index contributed by atoms with van der Waals surface area (Å²) in [5, 5.41) is 2.92. The highest BCUT2D eigenvalue weighted by Crippen LogP contribution is 2.16. The summed E-state index contributed by atoms with van der Waals surface area (Å²) in [5.41, 5.74) is 3.28. The van der Waals surface area contributed by atoms with Gasteiger partial charge in [-0.05, 0) is 49.2 Å². The molecule has 0 fully saturated rings. The second-order valence-corrected chi connectivity index (χ2v) is 6.67. The summed E-state index contributed by atoms with van der Waals surface area (Å²) in [5.74, 6) is 0.645. The number of hydrogen-bond donors (Lipinski definition) is 1. The topological polar surface area (TPSA) is 55.6 Å². The first-order valence-corrected chi connectivity index (χ1v) is 9.02. The van der Waals surface area contributed by atoms with Gasteiger partial charge in [0, 0.05) is 10.7 Å². The fourth-order valence-corrected chi connectivity index (χ4v) is 2.90. The molecule has 0 saturated carbocycles. The second kappa shape index (κ2) is 7.70. The van der Waals surface area contributed by atoms with E-state index in [4.69, 9.17) is 4.74 Å². The summed E-state index contributed by atoms with van der Waals surface area (Å²) < 4.78 is 8.50. The molecule has 5 nitrogen and oxygen atoms in total. The fourth-order valence-electron chi connectivity index (χ4n) is 2.63. The number of amides is 1. The first kappa shape index (κ1) is 17.5. The van der Waals surface area contributed by atoms with Crippen LogP contribution in [0.2, 0.25) is 0 Å². The zero-order valence-electron chi connectivity index (χ0n) is 14.3. The summed E-state index contributed by atoms with van der Waals surface area (Å²) in [6.07, 6.45) is 2.65. The highest BCUT2D eigenvalue weighted by molar-refractivity contribution is 9.10. The number of aromatic nitrogens is 2. The number of rotatable bonds is 6. The molecule has 0 unspecified atom stereocenters. The number of pyridine rings is 1. The van der Waals surface area contributed by atoms with Crippen molar-refractivity contribution in [3.05, 3.63) is 64.0 Å². The molecule has 3 aromatic rings. The molecule has 2 aromatic heterocycles. The number of nitrogens with one attached hydrogen (secondary N) is 1. The van der Waals surface area contributed by atoms with Crippen LogP contribution in [0.1, 0.15) is 28.7 Å². The molecule has 130 valence electrons. The minimum atomic E-state index is -0.130. The number of nitrogens with zero attached hydrogens (tertiary/aromatic N) is 2. The Balaban J connectivity index is 1.65. The Hall–Kier alpha value is -2.34. The van der Waals surface area contributed by atoms with E-state index in [1.807, 2.05) is 60.8 Å². The van der Waals surface area contributed by atoms with E-state index in [9.17, 15) is 4.79 Å². The van der Waals surface area contributed by atoms with Crippen molar-refractivity contribution in [2.24, 2.45) is 0 Å². The lowest BCUT2D eigenvalue weighted by Crippen LogP contribution is -2.29. The van der Waals surface area contributed by atoms with E-state index in [1.54, 1.807) is 0 Å². The molecule has 25 heavy (non-hydrogen) atoms. The van der Waals surface area contributed by atoms with Crippen LogP contribution in [0.15, 0.2) is 47.1 Å². The monoisotopic (exact) mass is 401 g/mol. The minimum absolute atomic E-state index is 0.130. The van der Waals surface area contributed by atoms with Crippen molar-refractivity contribution in [2.75, 3.05) is 13.2 Å². The van der Waals surface area contributed by atoms with Gasteiger partial charge in [0.05, 0.1) is 12.2 Å². The Morgan fingerprint density at radius 2 is 2.00 bits per heavy atom. The maximum absolute atomic E-state index is 12.6. The zero-order valence-corrected chi connectivity index (χ0v) is 15.8. The number of benzene rings is 1. The number of fused-ring (bicyclic) bond motifs is 1. The third kappa shape index (κ3) is 4.02. The Morgan fingerprint density at radius 1 is 1.24 bits per heavy atom. The molecule has 0 atom stereocenters. The Labute approximate surface area is 155 Å². The van der Waals surface area contributed by atoms with Gasteiger partial charge in [0.15, 0.2) is 0 Å². The van der Waals surface area contributed by atoms with Crippen molar-refractivity contribution in [2.45, 2.75) is 20.3 Å². The molecule has 1 aromatic carbocycles. The first-order valence-electron chi connectivity index (χ1n) is 8.22. The lowest BCUT2D eigenvalue weighted by molar-refractivity contribution is 0.0940. The third-order valence-electron chi connectivity index (χ3n) is 3.86.